The number of aromatic nitrogens is 1. The molecule has 0 radical (unpaired) electrons. The number of carboxylic acid groups (broad SMARTS) is 1. The van der Waals surface area contributed by atoms with Crippen molar-refractivity contribution < 1.29 is 14.6 Å². The van der Waals surface area contributed by atoms with Crippen LogP contribution in [0.25, 0.3) is 5.57 Å². The predicted octanol–water partition coefficient (Wildman–Crippen LogP) is 3.63. The molecule has 2 atom stereocenters. The monoisotopic (exact) mass is 440 g/mol. The van der Waals surface area contributed by atoms with E-state index in [1.54, 1.807) is 12.1 Å². The summed E-state index contributed by atoms with van der Waals surface area (Å²) >= 11 is 0. The summed E-state index contributed by atoms with van der Waals surface area (Å²) in [6.07, 6.45) is 9.67. The first-order valence-corrected chi connectivity index (χ1v) is 11.5. The van der Waals surface area contributed by atoms with Crippen LogP contribution < -0.4 is 11.5 Å². The zero-order valence-electron chi connectivity index (χ0n) is 19.5. The number of nitrogens with zero attached hydrogens (tertiary/aromatic N) is 2. The molecule has 4 fully saturated rings. The lowest BCUT2D eigenvalue weighted by molar-refractivity contribution is -0.241. The molecule has 0 aliphatic heterocycles. The molecule has 4 aliphatic carbocycles. The molecule has 0 saturated heterocycles. The van der Waals surface area contributed by atoms with Gasteiger partial charge in [0.1, 0.15) is 0 Å². The lowest BCUT2D eigenvalue weighted by Crippen LogP contribution is -2.64. The quantitative estimate of drug-likeness (QED) is 0.530. The van der Waals surface area contributed by atoms with E-state index in [4.69, 9.17) is 21.2 Å². The summed E-state index contributed by atoms with van der Waals surface area (Å²) in [7, 11) is 0. The van der Waals surface area contributed by atoms with Crippen LogP contribution in [0.2, 0.25) is 0 Å². The number of rotatable bonds is 8. The van der Waals surface area contributed by atoms with Crippen LogP contribution >= 0.6 is 0 Å². The van der Waals surface area contributed by atoms with Crippen LogP contribution in [0, 0.1) is 16.2 Å². The van der Waals surface area contributed by atoms with Gasteiger partial charge in [0.05, 0.1) is 12.2 Å². The topological polar surface area (TPSA) is 124 Å². The van der Waals surface area contributed by atoms with Crippen LogP contribution in [0.5, 0.6) is 0 Å². The number of pyridine rings is 1. The van der Waals surface area contributed by atoms with E-state index in [0.717, 1.165) is 37.8 Å². The minimum atomic E-state index is -1.08. The van der Waals surface area contributed by atoms with Crippen molar-refractivity contribution in [2.75, 3.05) is 19.7 Å². The van der Waals surface area contributed by atoms with Gasteiger partial charge in [-0.25, -0.2) is 9.78 Å². The number of aliphatic imine (C=N–C) groups is 1. The van der Waals surface area contributed by atoms with Crippen molar-refractivity contribution in [3.05, 3.63) is 35.8 Å². The minimum Gasteiger partial charge on any atom is -0.476 e. The number of carboxylic acids is 1. The van der Waals surface area contributed by atoms with Gasteiger partial charge >= 0.3 is 5.97 Å². The molecule has 7 heteroatoms. The second kappa shape index (κ2) is 7.96. The largest absolute Gasteiger partial charge is 0.476 e. The van der Waals surface area contributed by atoms with Crippen molar-refractivity contribution in [3.8, 4) is 0 Å². The molecule has 174 valence electrons. The molecule has 7 nitrogen and oxygen atoms in total. The second-order valence-corrected chi connectivity index (χ2v) is 11.2. The molecule has 0 amide bonds. The fourth-order valence-electron chi connectivity index (χ4n) is 8.00. The van der Waals surface area contributed by atoms with Gasteiger partial charge in [-0.05, 0) is 67.8 Å². The van der Waals surface area contributed by atoms with Crippen LogP contribution in [-0.4, -0.2) is 47.1 Å². The molecule has 4 saturated carbocycles. The van der Waals surface area contributed by atoms with Gasteiger partial charge in [0.25, 0.3) is 0 Å². The Morgan fingerprint density at radius 3 is 2.50 bits per heavy atom. The zero-order chi connectivity index (χ0) is 23.2. The SMILES string of the molecule is CC(=NCC12CC3(C)CC(C)(C1)CC(OCCN)(C3)C2)C(=CN)c1cccnc1C(=O)O. The molecule has 32 heavy (non-hydrogen) atoms. The maximum absolute atomic E-state index is 11.7. The second-order valence-electron chi connectivity index (χ2n) is 11.2. The summed E-state index contributed by atoms with van der Waals surface area (Å²) < 4.78 is 6.46. The van der Waals surface area contributed by atoms with Gasteiger partial charge in [-0.2, -0.15) is 0 Å². The highest BCUT2D eigenvalue weighted by Crippen LogP contribution is 2.71. The molecule has 0 spiro atoms. The predicted molar refractivity (Wildman–Crippen MR) is 125 cm³/mol. The van der Waals surface area contributed by atoms with Gasteiger partial charge < -0.3 is 21.3 Å². The van der Waals surface area contributed by atoms with E-state index >= 15 is 0 Å². The Hall–Kier alpha value is -2.25. The molecule has 4 aliphatic rings. The van der Waals surface area contributed by atoms with Crippen molar-refractivity contribution in [1.82, 2.24) is 4.98 Å². The Morgan fingerprint density at radius 2 is 1.91 bits per heavy atom. The molecule has 2 unspecified atom stereocenters. The summed E-state index contributed by atoms with van der Waals surface area (Å²) in [5, 5.41) is 9.54. The first kappa shape index (κ1) is 22.9. The third kappa shape index (κ3) is 4.08. The summed E-state index contributed by atoms with van der Waals surface area (Å²) in [6, 6.07) is 3.45. The number of hydrogen-bond acceptors (Lipinski definition) is 6. The first-order valence-electron chi connectivity index (χ1n) is 11.5. The van der Waals surface area contributed by atoms with Crippen molar-refractivity contribution in [3.63, 3.8) is 0 Å². The minimum absolute atomic E-state index is 0.0114. The van der Waals surface area contributed by atoms with Gasteiger partial charge in [0.15, 0.2) is 5.69 Å². The van der Waals surface area contributed by atoms with Crippen molar-refractivity contribution in [2.24, 2.45) is 32.7 Å². The Morgan fingerprint density at radius 1 is 1.22 bits per heavy atom. The van der Waals surface area contributed by atoms with Crippen LogP contribution in [0.3, 0.4) is 0 Å². The first-order chi connectivity index (χ1) is 15.1. The van der Waals surface area contributed by atoms with E-state index < -0.39 is 5.97 Å². The van der Waals surface area contributed by atoms with E-state index in [1.807, 2.05) is 6.92 Å². The van der Waals surface area contributed by atoms with Crippen molar-refractivity contribution in [1.29, 1.82) is 0 Å². The number of aromatic carboxylic acids is 1. The van der Waals surface area contributed by atoms with Gasteiger partial charge in [-0.3, -0.25) is 4.99 Å². The van der Waals surface area contributed by atoms with Crippen LogP contribution in [0.4, 0.5) is 0 Å². The summed E-state index contributed by atoms with van der Waals surface area (Å²) in [5.41, 5.74) is 14.1. The molecule has 5 N–H and O–H groups in total. The standard InChI is InChI=1S/C25H36N4O3/c1-17(19(9-27)18-5-4-7-28-20(18)21(30)31)29-16-24-11-22(2)10-23(3,12-24)14-25(13-22,15-24)32-8-6-26/h4-5,7,9H,6,8,10-16,26-27H2,1-3H3,(H,30,31). The van der Waals surface area contributed by atoms with Gasteiger partial charge in [0.2, 0.25) is 0 Å². The molecule has 4 bridgehead atoms. The van der Waals surface area contributed by atoms with Crippen LogP contribution in [0.15, 0.2) is 29.5 Å². The third-order valence-electron chi connectivity index (χ3n) is 7.69. The normalized spacial score (nSPS) is 36.5. The molecule has 5 rings (SSSR count). The fraction of sp³-hybridized carbons (Fsp3) is 0.640. The highest BCUT2D eigenvalue weighted by atomic mass is 16.5. The lowest BCUT2D eigenvalue weighted by atomic mass is 9.39. The maximum atomic E-state index is 11.7. The Balaban J connectivity index is 1.63. The van der Waals surface area contributed by atoms with Crippen LogP contribution in [0.1, 0.15) is 75.3 Å². The average molecular weight is 441 g/mol. The lowest BCUT2D eigenvalue weighted by Gasteiger charge is -2.69. The van der Waals surface area contributed by atoms with Crippen LogP contribution in [-0.2, 0) is 4.74 Å². The number of nitrogens with two attached hydrogens (primary N) is 2. The smallest absolute Gasteiger partial charge is 0.355 e. The van der Waals surface area contributed by atoms with E-state index in [9.17, 15) is 9.90 Å². The number of allylic oxidation sites excluding steroid dienone is 1. The molecule has 0 aromatic carbocycles. The average Bonchev–Trinajstić information content (AvgIpc) is 2.69. The highest BCUT2D eigenvalue weighted by molar-refractivity contribution is 6.24. The summed E-state index contributed by atoms with van der Waals surface area (Å²) in [4.78, 5) is 20.7. The van der Waals surface area contributed by atoms with Gasteiger partial charge in [0, 0.05) is 42.3 Å². The highest BCUT2D eigenvalue weighted by Gasteiger charge is 2.66. The Bertz CT molecular complexity index is 952. The Labute approximate surface area is 190 Å². The van der Waals surface area contributed by atoms with Gasteiger partial charge in [-0.15, -0.1) is 0 Å². The van der Waals surface area contributed by atoms with Crippen molar-refractivity contribution >= 4 is 17.3 Å². The number of carbonyl (C=O) groups is 1. The molecule has 1 aromatic rings. The Kier molecular flexibility index (Phi) is 5.70. The molecule has 1 aromatic heterocycles. The van der Waals surface area contributed by atoms with Crippen molar-refractivity contribution in [2.45, 2.75) is 64.9 Å². The summed E-state index contributed by atoms with van der Waals surface area (Å²) in [5.74, 6) is -1.08. The van der Waals surface area contributed by atoms with Gasteiger partial charge in [-0.1, -0.05) is 19.9 Å². The molecule has 1 heterocycles. The molecular weight excluding hydrogens is 404 g/mol. The maximum Gasteiger partial charge on any atom is 0.355 e. The molecular formula is C25H36N4O3. The summed E-state index contributed by atoms with van der Waals surface area (Å²) in [6.45, 7) is 8.56. The van der Waals surface area contributed by atoms with E-state index in [-0.39, 0.29) is 27.5 Å². The van der Waals surface area contributed by atoms with E-state index in [1.165, 1.54) is 18.8 Å². The number of hydrogen-bond donors (Lipinski definition) is 3. The van der Waals surface area contributed by atoms with E-state index in [2.05, 4.69) is 18.8 Å². The number of ether oxygens (including phenoxy) is 1. The van der Waals surface area contributed by atoms with E-state index in [0.29, 0.717) is 30.8 Å². The zero-order valence-corrected chi connectivity index (χ0v) is 19.5. The third-order valence-corrected chi connectivity index (χ3v) is 7.69. The fourth-order valence-corrected chi connectivity index (χ4v) is 8.00.